The van der Waals surface area contributed by atoms with Gasteiger partial charge >= 0.3 is 6.18 Å². The Kier molecular flexibility index (Phi) is 3.49. The van der Waals surface area contributed by atoms with Crippen molar-refractivity contribution >= 4 is 5.65 Å². The summed E-state index contributed by atoms with van der Waals surface area (Å²) < 4.78 is 40.8. The average Bonchev–Trinajstić information content (AvgIpc) is 3.09. The summed E-state index contributed by atoms with van der Waals surface area (Å²) in [6.07, 6.45) is -0.0743. The SMILES string of the molecule is FC(F)(F)c1cc(-c2cncc(-c3ccccc3)c2)nc2ccnn12. The normalized spacial score (nSPS) is 11.8. The molecule has 0 unspecified atom stereocenters. The van der Waals surface area contributed by atoms with Crippen LogP contribution >= 0.6 is 0 Å². The van der Waals surface area contributed by atoms with Gasteiger partial charge in [-0.3, -0.25) is 4.98 Å². The molecule has 0 fully saturated rings. The highest BCUT2D eigenvalue weighted by Crippen LogP contribution is 2.32. The fourth-order valence-corrected chi connectivity index (χ4v) is 2.63. The van der Waals surface area contributed by atoms with Gasteiger partial charge in [0.25, 0.3) is 0 Å². The molecule has 0 saturated carbocycles. The lowest BCUT2D eigenvalue weighted by atomic mass is 10.0. The molecule has 0 aliphatic carbocycles. The van der Waals surface area contributed by atoms with Crippen LogP contribution in [0.1, 0.15) is 5.69 Å². The lowest BCUT2D eigenvalue weighted by Crippen LogP contribution is -2.13. The van der Waals surface area contributed by atoms with E-state index in [4.69, 9.17) is 0 Å². The summed E-state index contributed by atoms with van der Waals surface area (Å²) in [5.41, 5.74) is 1.71. The Labute approximate surface area is 140 Å². The summed E-state index contributed by atoms with van der Waals surface area (Å²) in [4.78, 5) is 8.43. The lowest BCUT2D eigenvalue weighted by molar-refractivity contribution is -0.142. The Morgan fingerprint density at radius 1 is 0.840 bits per heavy atom. The van der Waals surface area contributed by atoms with E-state index in [1.165, 1.54) is 18.5 Å². The molecule has 0 radical (unpaired) electrons. The number of alkyl halides is 3. The van der Waals surface area contributed by atoms with Gasteiger partial charge in [-0.1, -0.05) is 30.3 Å². The molecule has 0 atom stereocenters. The number of aromatic nitrogens is 4. The molecule has 0 aliphatic heterocycles. The van der Waals surface area contributed by atoms with Crippen LogP contribution in [0.25, 0.3) is 28.0 Å². The van der Waals surface area contributed by atoms with Crippen molar-refractivity contribution < 1.29 is 13.2 Å². The molecule has 0 N–H and O–H groups in total. The van der Waals surface area contributed by atoms with Crippen LogP contribution in [0.2, 0.25) is 0 Å². The Bertz CT molecular complexity index is 1040. The quantitative estimate of drug-likeness (QED) is 0.540. The van der Waals surface area contributed by atoms with Gasteiger partial charge in [0, 0.05) is 29.6 Å². The van der Waals surface area contributed by atoms with Crippen LogP contribution in [0.15, 0.2) is 67.1 Å². The van der Waals surface area contributed by atoms with Crippen molar-refractivity contribution in [1.29, 1.82) is 0 Å². The highest BCUT2D eigenvalue weighted by atomic mass is 19.4. The Balaban J connectivity index is 1.88. The summed E-state index contributed by atoms with van der Waals surface area (Å²) in [6.45, 7) is 0. The summed E-state index contributed by atoms with van der Waals surface area (Å²) >= 11 is 0. The molecule has 124 valence electrons. The van der Waals surface area contributed by atoms with E-state index in [0.29, 0.717) is 5.56 Å². The highest BCUT2D eigenvalue weighted by molar-refractivity contribution is 5.71. The Morgan fingerprint density at radius 3 is 2.36 bits per heavy atom. The predicted octanol–water partition coefficient (Wildman–Crippen LogP) is 4.48. The smallest absolute Gasteiger partial charge is 0.263 e. The molecule has 0 amide bonds. The van der Waals surface area contributed by atoms with Crippen molar-refractivity contribution in [1.82, 2.24) is 19.6 Å². The third kappa shape index (κ3) is 2.84. The largest absolute Gasteiger partial charge is 0.433 e. The van der Waals surface area contributed by atoms with E-state index in [1.54, 1.807) is 12.3 Å². The molecular weight excluding hydrogens is 329 g/mol. The molecule has 0 saturated heterocycles. The molecule has 3 heterocycles. The minimum Gasteiger partial charge on any atom is -0.263 e. The minimum atomic E-state index is -4.54. The van der Waals surface area contributed by atoms with Crippen LogP contribution in [-0.2, 0) is 6.18 Å². The second-order valence-corrected chi connectivity index (χ2v) is 5.45. The van der Waals surface area contributed by atoms with Crippen molar-refractivity contribution in [2.24, 2.45) is 0 Å². The predicted molar refractivity (Wildman–Crippen MR) is 86.7 cm³/mol. The zero-order chi connectivity index (χ0) is 17.4. The van der Waals surface area contributed by atoms with Gasteiger partial charge in [0.15, 0.2) is 11.3 Å². The van der Waals surface area contributed by atoms with Gasteiger partial charge < -0.3 is 0 Å². The lowest BCUT2D eigenvalue weighted by Gasteiger charge is -2.11. The first-order chi connectivity index (χ1) is 12.0. The third-order valence-electron chi connectivity index (χ3n) is 3.79. The standard InChI is InChI=1S/C18H11F3N4/c19-18(20,21)16-9-15(24-17-6-7-23-25(16)17)14-8-13(10-22-11-14)12-4-2-1-3-5-12/h1-11H. The van der Waals surface area contributed by atoms with Crippen molar-refractivity contribution in [3.05, 3.63) is 72.8 Å². The van der Waals surface area contributed by atoms with Gasteiger partial charge in [0.05, 0.1) is 11.9 Å². The van der Waals surface area contributed by atoms with Gasteiger partial charge in [-0.05, 0) is 17.7 Å². The molecule has 3 aromatic heterocycles. The molecule has 4 aromatic rings. The molecule has 4 rings (SSSR count). The van der Waals surface area contributed by atoms with Crippen LogP contribution < -0.4 is 0 Å². The number of rotatable bonds is 2. The molecule has 0 bridgehead atoms. The second kappa shape index (κ2) is 5.70. The maximum absolute atomic E-state index is 13.3. The highest BCUT2D eigenvalue weighted by Gasteiger charge is 2.35. The fraction of sp³-hybridized carbons (Fsp3) is 0.0556. The van der Waals surface area contributed by atoms with Crippen LogP contribution in [0.5, 0.6) is 0 Å². The van der Waals surface area contributed by atoms with Crippen LogP contribution in [0.4, 0.5) is 13.2 Å². The van der Waals surface area contributed by atoms with Gasteiger partial charge in [0.2, 0.25) is 0 Å². The van der Waals surface area contributed by atoms with Gasteiger partial charge in [-0.2, -0.15) is 18.3 Å². The number of hydrogen-bond donors (Lipinski definition) is 0. The maximum Gasteiger partial charge on any atom is 0.433 e. The number of benzene rings is 1. The molecule has 4 nitrogen and oxygen atoms in total. The Hall–Kier alpha value is -3.22. The minimum absolute atomic E-state index is 0.134. The van der Waals surface area contributed by atoms with Crippen LogP contribution in [0, 0.1) is 0 Å². The van der Waals surface area contributed by atoms with Gasteiger partial charge in [-0.25, -0.2) is 9.50 Å². The summed E-state index contributed by atoms with van der Waals surface area (Å²) in [7, 11) is 0. The topological polar surface area (TPSA) is 43.1 Å². The van der Waals surface area contributed by atoms with E-state index in [9.17, 15) is 13.2 Å². The zero-order valence-corrected chi connectivity index (χ0v) is 12.8. The molecular formula is C18H11F3N4. The van der Waals surface area contributed by atoms with E-state index in [1.807, 2.05) is 30.3 Å². The first kappa shape index (κ1) is 15.3. The second-order valence-electron chi connectivity index (χ2n) is 5.45. The molecule has 25 heavy (non-hydrogen) atoms. The van der Waals surface area contributed by atoms with E-state index < -0.39 is 11.9 Å². The van der Waals surface area contributed by atoms with Gasteiger partial charge in [-0.15, -0.1) is 0 Å². The van der Waals surface area contributed by atoms with Crippen LogP contribution in [0.3, 0.4) is 0 Å². The zero-order valence-electron chi connectivity index (χ0n) is 12.8. The Morgan fingerprint density at radius 2 is 1.60 bits per heavy atom. The van der Waals surface area contributed by atoms with Crippen molar-refractivity contribution in [3.8, 4) is 22.4 Å². The third-order valence-corrected chi connectivity index (χ3v) is 3.79. The van der Waals surface area contributed by atoms with Crippen molar-refractivity contribution in [2.75, 3.05) is 0 Å². The maximum atomic E-state index is 13.3. The number of hydrogen-bond acceptors (Lipinski definition) is 3. The first-order valence-electron chi connectivity index (χ1n) is 7.45. The number of halogens is 3. The van der Waals surface area contributed by atoms with Crippen molar-refractivity contribution in [3.63, 3.8) is 0 Å². The van der Waals surface area contributed by atoms with E-state index in [-0.39, 0.29) is 11.3 Å². The van der Waals surface area contributed by atoms with Crippen LogP contribution in [-0.4, -0.2) is 19.6 Å². The number of fused-ring (bicyclic) bond motifs is 1. The summed E-state index contributed by atoms with van der Waals surface area (Å²) in [5, 5.41) is 3.70. The molecule has 0 spiro atoms. The first-order valence-corrected chi connectivity index (χ1v) is 7.45. The van der Waals surface area contributed by atoms with E-state index >= 15 is 0 Å². The van der Waals surface area contributed by atoms with Gasteiger partial charge in [0.1, 0.15) is 0 Å². The van der Waals surface area contributed by atoms with E-state index in [0.717, 1.165) is 21.7 Å². The van der Waals surface area contributed by atoms with E-state index in [2.05, 4.69) is 15.1 Å². The fourth-order valence-electron chi connectivity index (χ4n) is 2.63. The monoisotopic (exact) mass is 340 g/mol. The molecule has 7 heteroatoms. The summed E-state index contributed by atoms with van der Waals surface area (Å²) in [5.74, 6) is 0. The molecule has 0 aliphatic rings. The summed E-state index contributed by atoms with van der Waals surface area (Å²) in [6, 6.07) is 13.7. The number of pyridine rings is 1. The number of nitrogens with zero attached hydrogens (tertiary/aromatic N) is 4. The average molecular weight is 340 g/mol. The van der Waals surface area contributed by atoms with Crippen molar-refractivity contribution in [2.45, 2.75) is 6.18 Å². The molecule has 1 aromatic carbocycles.